The molecule has 0 spiro atoms. The molecule has 1 aliphatic heterocycles. The van der Waals surface area contributed by atoms with Crippen molar-refractivity contribution in [2.24, 2.45) is 0 Å². The average molecular weight is 378 g/mol. The van der Waals surface area contributed by atoms with Crippen LogP contribution in [0.4, 0.5) is 10.5 Å². The lowest BCUT2D eigenvalue weighted by molar-refractivity contribution is -0.143. The summed E-state index contributed by atoms with van der Waals surface area (Å²) < 4.78 is 10.3. The van der Waals surface area contributed by atoms with Crippen LogP contribution in [0.15, 0.2) is 18.2 Å². The fourth-order valence-electron chi connectivity index (χ4n) is 3.10. The first kappa shape index (κ1) is 20.7. The molecule has 1 heterocycles. The van der Waals surface area contributed by atoms with E-state index in [4.69, 9.17) is 9.47 Å². The molecule has 0 bridgehead atoms. The number of anilines is 1. The Kier molecular flexibility index (Phi) is 6.10. The molecular weight excluding hydrogens is 352 g/mol. The Morgan fingerprint density at radius 3 is 2.52 bits per heavy atom. The molecule has 0 saturated heterocycles. The SMILES string of the molecule is COCC(=O)N(C)c1cccc2c1CCN(C(=O)OC(C)(C)C)C2C(=O)O. The first-order valence-corrected chi connectivity index (χ1v) is 8.66. The van der Waals surface area contributed by atoms with Crippen LogP contribution >= 0.6 is 0 Å². The molecule has 0 fully saturated rings. The minimum absolute atomic E-state index is 0.0768. The Morgan fingerprint density at radius 2 is 1.96 bits per heavy atom. The Bertz CT molecular complexity index is 740. The molecule has 0 saturated carbocycles. The summed E-state index contributed by atoms with van der Waals surface area (Å²) in [5.41, 5.74) is 1.10. The number of likely N-dealkylation sites (N-methyl/N-ethyl adjacent to an activating group) is 1. The van der Waals surface area contributed by atoms with Crippen LogP contribution in [-0.4, -0.2) is 60.9 Å². The summed E-state index contributed by atoms with van der Waals surface area (Å²) in [7, 11) is 3.05. The molecule has 2 amide bonds. The monoisotopic (exact) mass is 378 g/mol. The number of carbonyl (C=O) groups excluding carboxylic acids is 2. The van der Waals surface area contributed by atoms with Crippen LogP contribution in [0.3, 0.4) is 0 Å². The number of rotatable bonds is 4. The molecule has 8 heteroatoms. The molecule has 1 aromatic rings. The molecule has 1 N–H and O–H groups in total. The van der Waals surface area contributed by atoms with Crippen molar-refractivity contribution in [1.82, 2.24) is 4.90 Å². The van der Waals surface area contributed by atoms with Crippen LogP contribution in [0, 0.1) is 0 Å². The summed E-state index contributed by atoms with van der Waals surface area (Å²) in [4.78, 5) is 39.3. The molecule has 2 rings (SSSR count). The molecule has 8 nitrogen and oxygen atoms in total. The van der Waals surface area contributed by atoms with Gasteiger partial charge in [-0.3, -0.25) is 9.69 Å². The van der Waals surface area contributed by atoms with Gasteiger partial charge in [0, 0.05) is 26.4 Å². The van der Waals surface area contributed by atoms with Gasteiger partial charge in [-0.15, -0.1) is 0 Å². The number of benzene rings is 1. The van der Waals surface area contributed by atoms with E-state index in [-0.39, 0.29) is 19.1 Å². The minimum atomic E-state index is -1.17. The predicted molar refractivity (Wildman–Crippen MR) is 98.7 cm³/mol. The fraction of sp³-hybridized carbons (Fsp3) is 0.526. The number of carbonyl (C=O) groups is 3. The highest BCUT2D eigenvalue weighted by atomic mass is 16.6. The van der Waals surface area contributed by atoms with Crippen molar-refractivity contribution in [2.45, 2.75) is 38.8 Å². The largest absolute Gasteiger partial charge is 0.479 e. The number of fused-ring (bicyclic) bond motifs is 1. The number of carboxylic acid groups (broad SMARTS) is 1. The third-order valence-corrected chi connectivity index (χ3v) is 4.26. The summed E-state index contributed by atoms with van der Waals surface area (Å²) in [6.07, 6.45) is -0.256. The van der Waals surface area contributed by atoms with Crippen LogP contribution in [0.5, 0.6) is 0 Å². The van der Waals surface area contributed by atoms with Gasteiger partial charge in [0.2, 0.25) is 0 Å². The minimum Gasteiger partial charge on any atom is -0.479 e. The van der Waals surface area contributed by atoms with Gasteiger partial charge in [0.05, 0.1) is 0 Å². The van der Waals surface area contributed by atoms with E-state index in [1.54, 1.807) is 46.0 Å². The molecule has 1 atom stereocenters. The Balaban J connectivity index is 2.42. The van der Waals surface area contributed by atoms with E-state index in [1.165, 1.54) is 16.9 Å². The van der Waals surface area contributed by atoms with Crippen molar-refractivity contribution < 1.29 is 29.0 Å². The Labute approximate surface area is 158 Å². The van der Waals surface area contributed by atoms with Crippen LogP contribution < -0.4 is 4.90 Å². The molecule has 27 heavy (non-hydrogen) atoms. The number of amides is 2. The highest BCUT2D eigenvalue weighted by Gasteiger charge is 2.39. The third-order valence-electron chi connectivity index (χ3n) is 4.26. The molecule has 0 aliphatic carbocycles. The summed E-state index contributed by atoms with van der Waals surface area (Å²) >= 11 is 0. The number of carboxylic acids is 1. The average Bonchev–Trinajstić information content (AvgIpc) is 2.57. The second kappa shape index (κ2) is 7.96. The highest BCUT2D eigenvalue weighted by Crippen LogP contribution is 2.36. The van der Waals surface area contributed by atoms with Crippen LogP contribution in [0.2, 0.25) is 0 Å². The summed E-state index contributed by atoms with van der Waals surface area (Å²) in [6.45, 7) is 5.29. The summed E-state index contributed by atoms with van der Waals surface area (Å²) in [6, 6.07) is 3.94. The van der Waals surface area contributed by atoms with Gasteiger partial charge in [-0.2, -0.15) is 0 Å². The normalized spacial score (nSPS) is 16.5. The van der Waals surface area contributed by atoms with Crippen molar-refractivity contribution >= 4 is 23.7 Å². The van der Waals surface area contributed by atoms with Gasteiger partial charge in [-0.25, -0.2) is 9.59 Å². The van der Waals surface area contributed by atoms with Crippen LogP contribution in [0.25, 0.3) is 0 Å². The molecule has 148 valence electrons. The van der Waals surface area contributed by atoms with Gasteiger partial charge in [0.25, 0.3) is 5.91 Å². The standard InChI is InChI=1S/C19H26N2O6/c1-19(2,3)27-18(25)21-10-9-12-13(16(21)17(23)24)7-6-8-14(12)20(4)15(22)11-26-5/h6-8,16H,9-11H2,1-5H3,(H,23,24). The molecule has 0 radical (unpaired) electrons. The Morgan fingerprint density at radius 1 is 1.30 bits per heavy atom. The zero-order chi connectivity index (χ0) is 20.4. The van der Waals surface area contributed by atoms with Gasteiger partial charge >= 0.3 is 12.1 Å². The maximum absolute atomic E-state index is 12.5. The quantitative estimate of drug-likeness (QED) is 0.863. The maximum atomic E-state index is 12.5. The molecular formula is C19H26N2O6. The smallest absolute Gasteiger partial charge is 0.411 e. The van der Waals surface area contributed by atoms with Gasteiger partial charge < -0.3 is 19.5 Å². The first-order chi connectivity index (χ1) is 12.6. The number of aliphatic carboxylic acids is 1. The van der Waals surface area contributed by atoms with E-state index < -0.39 is 23.7 Å². The van der Waals surface area contributed by atoms with E-state index >= 15 is 0 Å². The zero-order valence-corrected chi connectivity index (χ0v) is 16.3. The number of hydrogen-bond acceptors (Lipinski definition) is 5. The number of ether oxygens (including phenoxy) is 2. The van der Waals surface area contributed by atoms with Gasteiger partial charge in [0.1, 0.15) is 12.2 Å². The van der Waals surface area contributed by atoms with Gasteiger partial charge in [-0.05, 0) is 44.4 Å². The van der Waals surface area contributed by atoms with E-state index in [0.29, 0.717) is 17.7 Å². The Hall–Kier alpha value is -2.61. The predicted octanol–water partition coefficient (Wildman–Crippen LogP) is 2.21. The van der Waals surface area contributed by atoms with Crippen LogP contribution in [-0.2, 0) is 25.5 Å². The van der Waals surface area contributed by atoms with E-state index in [0.717, 1.165) is 5.56 Å². The molecule has 1 unspecified atom stereocenters. The van der Waals surface area contributed by atoms with Gasteiger partial charge in [0.15, 0.2) is 6.04 Å². The maximum Gasteiger partial charge on any atom is 0.411 e. The van der Waals surface area contributed by atoms with E-state index in [1.807, 2.05) is 0 Å². The summed E-state index contributed by atoms with van der Waals surface area (Å²) in [5.74, 6) is -1.39. The van der Waals surface area contributed by atoms with Crippen molar-refractivity contribution in [2.75, 3.05) is 32.2 Å². The second-order valence-corrected chi connectivity index (χ2v) is 7.40. The van der Waals surface area contributed by atoms with Crippen molar-refractivity contribution in [1.29, 1.82) is 0 Å². The zero-order valence-electron chi connectivity index (χ0n) is 16.3. The molecule has 1 aromatic carbocycles. The number of methoxy groups -OCH3 is 1. The van der Waals surface area contributed by atoms with E-state index in [2.05, 4.69) is 0 Å². The lowest BCUT2D eigenvalue weighted by Gasteiger charge is -2.37. The highest BCUT2D eigenvalue weighted by molar-refractivity contribution is 5.95. The molecule has 1 aliphatic rings. The number of hydrogen-bond donors (Lipinski definition) is 1. The lowest BCUT2D eigenvalue weighted by Crippen LogP contribution is -2.46. The van der Waals surface area contributed by atoms with Crippen molar-refractivity contribution in [3.8, 4) is 0 Å². The number of nitrogens with zero attached hydrogens (tertiary/aromatic N) is 2. The third kappa shape index (κ3) is 4.57. The fourth-order valence-corrected chi connectivity index (χ4v) is 3.10. The summed E-state index contributed by atoms with van der Waals surface area (Å²) in [5, 5.41) is 9.78. The van der Waals surface area contributed by atoms with Gasteiger partial charge in [-0.1, -0.05) is 12.1 Å². The van der Waals surface area contributed by atoms with Crippen LogP contribution in [0.1, 0.15) is 37.9 Å². The second-order valence-electron chi connectivity index (χ2n) is 7.40. The topological polar surface area (TPSA) is 96.4 Å². The van der Waals surface area contributed by atoms with Crippen molar-refractivity contribution in [3.63, 3.8) is 0 Å². The molecule has 0 aromatic heterocycles. The van der Waals surface area contributed by atoms with E-state index in [9.17, 15) is 19.5 Å². The first-order valence-electron chi connectivity index (χ1n) is 8.66. The lowest BCUT2D eigenvalue weighted by atomic mass is 9.91. The van der Waals surface area contributed by atoms with Crippen molar-refractivity contribution in [3.05, 3.63) is 29.3 Å².